The topological polar surface area (TPSA) is 78.3 Å². The molecule has 0 radical (unpaired) electrons. The van der Waals surface area contributed by atoms with Crippen molar-refractivity contribution in [1.29, 1.82) is 0 Å². The molecule has 0 bridgehead atoms. The number of ether oxygens (including phenoxy) is 1. The lowest BCUT2D eigenvalue weighted by Gasteiger charge is -2.09. The standard InChI is InChI=1S/C9H18N2O2/c1-2-7-13-9(12)8(11)5-3-4-6-10/h2,8H,1,3-7,10-11H2/t8-/m1/s1. The van der Waals surface area contributed by atoms with Gasteiger partial charge >= 0.3 is 5.97 Å². The van der Waals surface area contributed by atoms with Crippen LogP contribution in [0, 0.1) is 0 Å². The van der Waals surface area contributed by atoms with Crippen molar-refractivity contribution in [2.75, 3.05) is 13.2 Å². The van der Waals surface area contributed by atoms with Crippen molar-refractivity contribution in [3.63, 3.8) is 0 Å². The molecule has 0 unspecified atom stereocenters. The monoisotopic (exact) mass is 186 g/mol. The fraction of sp³-hybridized carbons (Fsp3) is 0.667. The van der Waals surface area contributed by atoms with E-state index in [1.165, 1.54) is 6.08 Å². The van der Waals surface area contributed by atoms with Crippen LogP contribution in [-0.4, -0.2) is 25.2 Å². The molecule has 4 N–H and O–H groups in total. The number of esters is 1. The van der Waals surface area contributed by atoms with Gasteiger partial charge in [-0.15, -0.1) is 0 Å². The molecule has 0 aromatic rings. The van der Waals surface area contributed by atoms with Crippen LogP contribution in [0.4, 0.5) is 0 Å². The highest BCUT2D eigenvalue weighted by Gasteiger charge is 2.13. The summed E-state index contributed by atoms with van der Waals surface area (Å²) in [6.07, 6.45) is 3.90. The van der Waals surface area contributed by atoms with Gasteiger partial charge in [-0.2, -0.15) is 0 Å². The second-order valence-corrected chi connectivity index (χ2v) is 2.81. The van der Waals surface area contributed by atoms with E-state index in [1.54, 1.807) is 0 Å². The molecule has 0 aliphatic heterocycles. The highest BCUT2D eigenvalue weighted by atomic mass is 16.5. The summed E-state index contributed by atoms with van der Waals surface area (Å²) in [6.45, 7) is 4.29. The summed E-state index contributed by atoms with van der Waals surface area (Å²) >= 11 is 0. The minimum atomic E-state index is -0.522. The first-order valence-corrected chi connectivity index (χ1v) is 4.45. The third kappa shape index (κ3) is 6.31. The lowest BCUT2D eigenvalue weighted by Crippen LogP contribution is -2.32. The van der Waals surface area contributed by atoms with E-state index in [1.807, 2.05) is 0 Å². The molecule has 0 aliphatic rings. The quantitative estimate of drug-likeness (QED) is 0.337. The van der Waals surface area contributed by atoms with Gasteiger partial charge in [0.25, 0.3) is 0 Å². The molecule has 0 saturated heterocycles. The van der Waals surface area contributed by atoms with Gasteiger partial charge < -0.3 is 16.2 Å². The minimum Gasteiger partial charge on any atom is -0.460 e. The van der Waals surface area contributed by atoms with Crippen LogP contribution in [0.25, 0.3) is 0 Å². The third-order valence-electron chi connectivity index (χ3n) is 1.62. The molecular weight excluding hydrogens is 168 g/mol. The van der Waals surface area contributed by atoms with Crippen molar-refractivity contribution in [3.05, 3.63) is 12.7 Å². The second-order valence-electron chi connectivity index (χ2n) is 2.81. The van der Waals surface area contributed by atoms with Crippen LogP contribution in [0.15, 0.2) is 12.7 Å². The van der Waals surface area contributed by atoms with Gasteiger partial charge in [-0.05, 0) is 19.4 Å². The Morgan fingerprint density at radius 2 is 2.23 bits per heavy atom. The molecule has 76 valence electrons. The van der Waals surface area contributed by atoms with Gasteiger partial charge in [0.2, 0.25) is 0 Å². The Balaban J connectivity index is 3.50. The largest absolute Gasteiger partial charge is 0.460 e. The van der Waals surface area contributed by atoms with Crippen molar-refractivity contribution in [1.82, 2.24) is 0 Å². The number of hydrogen-bond donors (Lipinski definition) is 2. The van der Waals surface area contributed by atoms with Gasteiger partial charge in [0.1, 0.15) is 12.6 Å². The van der Waals surface area contributed by atoms with Crippen molar-refractivity contribution in [2.24, 2.45) is 11.5 Å². The van der Waals surface area contributed by atoms with Crippen LogP contribution in [0.5, 0.6) is 0 Å². The zero-order valence-corrected chi connectivity index (χ0v) is 7.87. The normalized spacial score (nSPS) is 12.2. The van der Waals surface area contributed by atoms with Crippen LogP contribution in [0.3, 0.4) is 0 Å². The summed E-state index contributed by atoms with van der Waals surface area (Å²) in [4.78, 5) is 11.1. The average molecular weight is 186 g/mol. The van der Waals surface area contributed by atoms with Crippen LogP contribution in [0.1, 0.15) is 19.3 Å². The van der Waals surface area contributed by atoms with Crippen LogP contribution < -0.4 is 11.5 Å². The highest BCUT2D eigenvalue weighted by Crippen LogP contribution is 1.99. The fourth-order valence-corrected chi connectivity index (χ4v) is 0.875. The predicted molar refractivity (Wildman–Crippen MR) is 52.0 cm³/mol. The number of carbonyl (C=O) groups excluding carboxylic acids is 1. The van der Waals surface area contributed by atoms with E-state index in [0.29, 0.717) is 13.0 Å². The number of unbranched alkanes of at least 4 members (excludes halogenated alkanes) is 1. The molecule has 0 amide bonds. The van der Waals surface area contributed by atoms with Gasteiger partial charge in [-0.3, -0.25) is 4.79 Å². The van der Waals surface area contributed by atoms with E-state index in [2.05, 4.69) is 6.58 Å². The average Bonchev–Trinajstić information content (AvgIpc) is 2.14. The molecule has 0 saturated carbocycles. The van der Waals surface area contributed by atoms with Crippen molar-refractivity contribution >= 4 is 5.97 Å². The molecule has 0 spiro atoms. The minimum absolute atomic E-state index is 0.226. The molecule has 0 aromatic heterocycles. The predicted octanol–water partition coefficient (Wildman–Crippen LogP) is 0.172. The van der Waals surface area contributed by atoms with Crippen molar-refractivity contribution < 1.29 is 9.53 Å². The summed E-state index contributed by atoms with van der Waals surface area (Å²) in [5, 5.41) is 0. The first-order chi connectivity index (χ1) is 6.22. The third-order valence-corrected chi connectivity index (χ3v) is 1.62. The Labute approximate surface area is 78.9 Å². The Kier molecular flexibility index (Phi) is 7.24. The van der Waals surface area contributed by atoms with E-state index in [0.717, 1.165) is 12.8 Å². The van der Waals surface area contributed by atoms with E-state index in [4.69, 9.17) is 16.2 Å². The molecule has 0 fully saturated rings. The van der Waals surface area contributed by atoms with E-state index in [-0.39, 0.29) is 12.6 Å². The van der Waals surface area contributed by atoms with E-state index < -0.39 is 6.04 Å². The summed E-state index contributed by atoms with van der Waals surface area (Å²) < 4.78 is 4.77. The highest BCUT2D eigenvalue weighted by molar-refractivity contribution is 5.75. The molecule has 13 heavy (non-hydrogen) atoms. The first-order valence-electron chi connectivity index (χ1n) is 4.45. The maximum absolute atomic E-state index is 11.1. The maximum atomic E-state index is 11.1. The van der Waals surface area contributed by atoms with Gasteiger partial charge in [-0.25, -0.2) is 0 Å². The maximum Gasteiger partial charge on any atom is 0.323 e. The van der Waals surface area contributed by atoms with Gasteiger partial charge in [0, 0.05) is 0 Å². The molecule has 0 rings (SSSR count). The Hall–Kier alpha value is -0.870. The van der Waals surface area contributed by atoms with Gasteiger partial charge in [0.05, 0.1) is 0 Å². The molecular formula is C9H18N2O2. The number of carbonyl (C=O) groups is 1. The lowest BCUT2D eigenvalue weighted by atomic mass is 10.1. The van der Waals surface area contributed by atoms with Crippen LogP contribution in [-0.2, 0) is 9.53 Å². The number of hydrogen-bond acceptors (Lipinski definition) is 4. The summed E-state index contributed by atoms with van der Waals surface area (Å²) in [6, 6.07) is -0.522. The lowest BCUT2D eigenvalue weighted by molar-refractivity contribution is -0.144. The Morgan fingerprint density at radius 1 is 1.54 bits per heavy atom. The Morgan fingerprint density at radius 3 is 2.77 bits per heavy atom. The first kappa shape index (κ1) is 12.1. The fourth-order valence-electron chi connectivity index (χ4n) is 0.875. The molecule has 4 nitrogen and oxygen atoms in total. The van der Waals surface area contributed by atoms with Crippen LogP contribution in [0.2, 0.25) is 0 Å². The van der Waals surface area contributed by atoms with Crippen LogP contribution >= 0.6 is 0 Å². The van der Waals surface area contributed by atoms with Gasteiger partial charge in [0.15, 0.2) is 0 Å². The smallest absolute Gasteiger partial charge is 0.323 e. The van der Waals surface area contributed by atoms with Gasteiger partial charge in [-0.1, -0.05) is 19.1 Å². The zero-order chi connectivity index (χ0) is 10.1. The van der Waals surface area contributed by atoms with E-state index in [9.17, 15) is 4.79 Å². The number of rotatable bonds is 7. The molecule has 0 heterocycles. The molecule has 1 atom stereocenters. The van der Waals surface area contributed by atoms with Crippen molar-refractivity contribution in [3.8, 4) is 0 Å². The van der Waals surface area contributed by atoms with E-state index >= 15 is 0 Å². The summed E-state index contributed by atoms with van der Waals surface area (Å²) in [5.74, 6) is -0.364. The SMILES string of the molecule is C=CCOC(=O)[C@H](N)CCCCN. The molecule has 0 aliphatic carbocycles. The zero-order valence-electron chi connectivity index (χ0n) is 7.87. The summed E-state index contributed by atoms with van der Waals surface area (Å²) in [7, 11) is 0. The Bertz CT molecular complexity index is 160. The number of nitrogens with two attached hydrogens (primary N) is 2. The molecule has 0 aromatic carbocycles. The second kappa shape index (κ2) is 7.76. The summed E-state index contributed by atoms with van der Waals surface area (Å²) in [5.41, 5.74) is 10.8. The molecule has 4 heteroatoms. The van der Waals surface area contributed by atoms with Crippen molar-refractivity contribution in [2.45, 2.75) is 25.3 Å².